The Hall–Kier alpha value is -2.40. The van der Waals surface area contributed by atoms with E-state index in [2.05, 4.69) is 5.32 Å². The first-order valence-corrected chi connectivity index (χ1v) is 12.1. The number of likely N-dealkylation sites (tertiary alicyclic amines) is 1. The van der Waals surface area contributed by atoms with Gasteiger partial charge in [-0.15, -0.1) is 0 Å². The van der Waals surface area contributed by atoms with E-state index >= 15 is 0 Å². The van der Waals surface area contributed by atoms with Crippen molar-refractivity contribution in [3.63, 3.8) is 0 Å². The van der Waals surface area contributed by atoms with Crippen molar-refractivity contribution >= 4 is 27.8 Å². The number of esters is 1. The molecule has 0 radical (unpaired) electrons. The molecule has 1 aromatic rings. The third-order valence-electron chi connectivity index (χ3n) is 5.53. The molecule has 0 saturated carbocycles. The van der Waals surface area contributed by atoms with Crippen LogP contribution < -0.4 is 5.32 Å². The summed E-state index contributed by atoms with van der Waals surface area (Å²) in [6.45, 7) is 4.62. The fraction of sp³-hybridized carbons (Fsp3) is 0.650. The van der Waals surface area contributed by atoms with Crippen LogP contribution in [-0.2, 0) is 24.3 Å². The highest BCUT2D eigenvalue weighted by Crippen LogP contribution is 2.29. The highest BCUT2D eigenvalue weighted by molar-refractivity contribution is 7.89. The molecule has 3 heterocycles. The van der Waals surface area contributed by atoms with Crippen LogP contribution in [0.1, 0.15) is 56.5 Å². The number of rotatable bonds is 7. The molecule has 11 heteroatoms. The van der Waals surface area contributed by atoms with Crippen LogP contribution >= 0.6 is 0 Å². The summed E-state index contributed by atoms with van der Waals surface area (Å²) in [6, 6.07) is 1.50. The van der Waals surface area contributed by atoms with Crippen molar-refractivity contribution in [1.29, 1.82) is 0 Å². The Bertz CT molecular complexity index is 927. The van der Waals surface area contributed by atoms with Crippen molar-refractivity contribution < 1.29 is 32.0 Å². The quantitative estimate of drug-likeness (QED) is 0.611. The summed E-state index contributed by atoms with van der Waals surface area (Å²) in [5.74, 6) is -1.28. The Morgan fingerprint density at radius 3 is 2.61 bits per heavy atom. The lowest BCUT2D eigenvalue weighted by atomic mass is 10.0. The van der Waals surface area contributed by atoms with E-state index in [0.717, 1.165) is 17.1 Å². The largest absolute Gasteiger partial charge is 0.460 e. The number of carbonyl (C=O) groups is 3. The smallest absolute Gasteiger partial charge is 0.374 e. The van der Waals surface area contributed by atoms with Gasteiger partial charge in [-0.3, -0.25) is 9.59 Å². The molecule has 2 fully saturated rings. The van der Waals surface area contributed by atoms with Crippen LogP contribution in [0.5, 0.6) is 0 Å². The third-order valence-corrected chi connectivity index (χ3v) is 7.31. The summed E-state index contributed by atoms with van der Waals surface area (Å²) >= 11 is 0. The Morgan fingerprint density at radius 1 is 1.16 bits per heavy atom. The number of sulfonamides is 1. The van der Waals surface area contributed by atoms with E-state index in [1.54, 1.807) is 18.7 Å². The Balaban J connectivity index is 1.73. The molecule has 0 aliphatic carbocycles. The van der Waals surface area contributed by atoms with Crippen molar-refractivity contribution in [1.82, 2.24) is 14.5 Å². The van der Waals surface area contributed by atoms with E-state index in [-0.39, 0.29) is 41.9 Å². The van der Waals surface area contributed by atoms with Gasteiger partial charge in [-0.05, 0) is 44.7 Å². The van der Waals surface area contributed by atoms with E-state index in [1.165, 1.54) is 12.1 Å². The van der Waals surface area contributed by atoms with Crippen LogP contribution in [0.2, 0.25) is 0 Å². The Kier molecular flexibility index (Phi) is 7.37. The lowest BCUT2D eigenvalue weighted by Gasteiger charge is -2.36. The van der Waals surface area contributed by atoms with Gasteiger partial charge in [0.1, 0.15) is 6.04 Å². The molecule has 31 heavy (non-hydrogen) atoms. The molecule has 0 spiro atoms. The first-order valence-electron chi connectivity index (χ1n) is 10.6. The molecular formula is C20H29N3O7S. The van der Waals surface area contributed by atoms with Crippen LogP contribution in [0, 0.1) is 0 Å². The summed E-state index contributed by atoms with van der Waals surface area (Å²) in [6.07, 6.45) is 2.85. The number of furan rings is 1. The second-order valence-corrected chi connectivity index (χ2v) is 9.48. The fourth-order valence-electron chi connectivity index (χ4n) is 4.00. The van der Waals surface area contributed by atoms with Gasteiger partial charge in [0.2, 0.25) is 22.7 Å². The first-order chi connectivity index (χ1) is 14.8. The van der Waals surface area contributed by atoms with Crippen LogP contribution in [-0.4, -0.2) is 73.7 Å². The molecular weight excluding hydrogens is 426 g/mol. The molecule has 2 amide bonds. The van der Waals surface area contributed by atoms with Gasteiger partial charge in [0.05, 0.1) is 6.61 Å². The van der Waals surface area contributed by atoms with Crippen molar-refractivity contribution in [2.24, 2.45) is 0 Å². The monoisotopic (exact) mass is 455 g/mol. The van der Waals surface area contributed by atoms with Crippen molar-refractivity contribution in [2.45, 2.75) is 63.1 Å². The third kappa shape index (κ3) is 5.09. The average Bonchev–Trinajstić information content (AvgIpc) is 3.44. The molecule has 0 aromatic carbocycles. The summed E-state index contributed by atoms with van der Waals surface area (Å²) in [5.41, 5.74) is 0. The number of ether oxygens (including phenoxy) is 1. The number of hydrogen-bond acceptors (Lipinski definition) is 7. The van der Waals surface area contributed by atoms with Crippen molar-refractivity contribution in [2.75, 3.05) is 26.2 Å². The number of carbonyl (C=O) groups excluding carboxylic acids is 3. The first kappa shape index (κ1) is 23.3. The second-order valence-electron chi connectivity index (χ2n) is 7.66. The molecule has 0 bridgehead atoms. The van der Waals surface area contributed by atoms with E-state index in [9.17, 15) is 22.8 Å². The van der Waals surface area contributed by atoms with Gasteiger partial charge in [-0.1, -0.05) is 6.92 Å². The van der Waals surface area contributed by atoms with Gasteiger partial charge in [0.15, 0.2) is 0 Å². The topological polar surface area (TPSA) is 126 Å². The highest BCUT2D eigenvalue weighted by atomic mass is 32.2. The highest BCUT2D eigenvalue weighted by Gasteiger charge is 2.43. The average molecular weight is 456 g/mol. The normalized spacial score (nSPS) is 22.3. The van der Waals surface area contributed by atoms with Gasteiger partial charge >= 0.3 is 5.97 Å². The van der Waals surface area contributed by atoms with Crippen LogP contribution in [0.15, 0.2) is 21.6 Å². The minimum absolute atomic E-state index is 0.0698. The lowest BCUT2D eigenvalue weighted by molar-refractivity contribution is -0.136. The van der Waals surface area contributed by atoms with Gasteiger partial charge in [-0.25, -0.2) is 13.2 Å². The predicted octanol–water partition coefficient (Wildman–Crippen LogP) is 1.13. The maximum Gasteiger partial charge on any atom is 0.374 e. The molecule has 2 saturated heterocycles. The zero-order valence-electron chi connectivity index (χ0n) is 17.8. The van der Waals surface area contributed by atoms with Crippen LogP contribution in [0.4, 0.5) is 0 Å². The molecule has 1 aromatic heterocycles. The molecule has 2 unspecified atom stereocenters. The fourth-order valence-corrected chi connectivity index (χ4v) is 5.56. The molecule has 10 nitrogen and oxygen atoms in total. The molecule has 3 rings (SSSR count). The van der Waals surface area contributed by atoms with E-state index < -0.39 is 22.0 Å². The van der Waals surface area contributed by atoms with Crippen molar-refractivity contribution in [3.05, 3.63) is 17.9 Å². The summed E-state index contributed by atoms with van der Waals surface area (Å²) in [5, 5.41) is 2.52. The molecule has 2 atom stereocenters. The minimum atomic E-state index is -4.09. The van der Waals surface area contributed by atoms with E-state index in [1.807, 2.05) is 0 Å². The Morgan fingerprint density at radius 2 is 1.90 bits per heavy atom. The second kappa shape index (κ2) is 9.82. The van der Waals surface area contributed by atoms with Gasteiger partial charge < -0.3 is 19.4 Å². The molecule has 172 valence electrons. The van der Waals surface area contributed by atoms with Gasteiger partial charge in [0.25, 0.3) is 10.0 Å². The maximum atomic E-state index is 13.2. The molecule has 2 aliphatic heterocycles. The lowest BCUT2D eigenvalue weighted by Crippen LogP contribution is -2.54. The molecule has 2 aliphatic rings. The minimum Gasteiger partial charge on any atom is -0.460 e. The van der Waals surface area contributed by atoms with Crippen LogP contribution in [0.3, 0.4) is 0 Å². The maximum absolute atomic E-state index is 13.2. The van der Waals surface area contributed by atoms with Crippen LogP contribution in [0.25, 0.3) is 0 Å². The SMILES string of the molecule is CCOC(=O)c1ccc(S(=O)(=O)N2CCCC2C(=O)N2CCCC(NC(=O)CC)C2)o1. The standard InChI is InChI=1S/C20H29N3O7S/c1-3-17(24)21-14-7-5-11-22(13-14)19(25)15-8-6-12-23(15)31(27,28)18-10-9-16(30-18)20(26)29-4-2/h9-10,14-15H,3-8,11-13H2,1-2H3,(H,21,24). The Labute approximate surface area is 181 Å². The zero-order valence-corrected chi connectivity index (χ0v) is 18.7. The summed E-state index contributed by atoms with van der Waals surface area (Å²) < 4.78 is 37.5. The van der Waals surface area contributed by atoms with E-state index in [4.69, 9.17) is 9.15 Å². The number of nitrogens with one attached hydrogen (secondary N) is 1. The summed E-state index contributed by atoms with van der Waals surface area (Å²) in [4.78, 5) is 38.3. The predicted molar refractivity (Wildman–Crippen MR) is 110 cm³/mol. The van der Waals surface area contributed by atoms with E-state index in [0.29, 0.717) is 32.4 Å². The number of piperidine rings is 1. The number of nitrogens with zero attached hydrogens (tertiary/aromatic N) is 2. The number of hydrogen-bond donors (Lipinski definition) is 1. The zero-order chi connectivity index (χ0) is 22.6. The van der Waals surface area contributed by atoms with Crippen molar-refractivity contribution in [3.8, 4) is 0 Å². The van der Waals surface area contributed by atoms with Gasteiger partial charge in [-0.2, -0.15) is 4.31 Å². The summed E-state index contributed by atoms with van der Waals surface area (Å²) in [7, 11) is -4.09. The molecule has 1 N–H and O–H groups in total. The van der Waals surface area contributed by atoms with Gasteiger partial charge in [0, 0.05) is 32.1 Å². The number of amides is 2.